The van der Waals surface area contributed by atoms with Crippen molar-refractivity contribution in [1.82, 2.24) is 4.31 Å². The van der Waals surface area contributed by atoms with Gasteiger partial charge >= 0.3 is 5.69 Å². The first kappa shape index (κ1) is 18.6. The quantitative estimate of drug-likeness (QED) is 0.642. The minimum absolute atomic E-state index is 0. The molecule has 1 atom stereocenters. The second kappa shape index (κ2) is 7.23. The predicted octanol–water partition coefficient (Wildman–Crippen LogP) is 1.14. The fourth-order valence-electron chi connectivity index (χ4n) is 2.31. The van der Waals surface area contributed by atoms with Gasteiger partial charge in [-0.1, -0.05) is 0 Å². The van der Waals surface area contributed by atoms with Gasteiger partial charge in [-0.2, -0.15) is 4.31 Å². The molecule has 0 saturated carbocycles. The number of ether oxygens (including phenoxy) is 1. The largest absolute Gasteiger partial charge is 0.490 e. The first-order valence-electron chi connectivity index (χ1n) is 6.44. The lowest BCUT2D eigenvalue weighted by Crippen LogP contribution is -2.45. The van der Waals surface area contributed by atoms with Gasteiger partial charge in [-0.3, -0.25) is 10.1 Å². The van der Waals surface area contributed by atoms with E-state index < -0.39 is 14.9 Å². The van der Waals surface area contributed by atoms with Crippen LogP contribution in [0.2, 0.25) is 0 Å². The Bertz CT molecular complexity index is 652. The van der Waals surface area contributed by atoms with Gasteiger partial charge in [0.25, 0.3) is 0 Å². The number of hydrogen-bond donors (Lipinski definition) is 1. The number of piperidine rings is 1. The summed E-state index contributed by atoms with van der Waals surface area (Å²) in [6.45, 7) is 0.650. The van der Waals surface area contributed by atoms with Gasteiger partial charge in [-0.05, 0) is 18.9 Å². The maximum absolute atomic E-state index is 12.5. The topological polar surface area (TPSA) is 116 Å². The fraction of sp³-hybridized carbons (Fsp3) is 0.500. The maximum Gasteiger partial charge on any atom is 0.310 e. The normalized spacial score (nSPS) is 19.3. The SMILES string of the molecule is COc1cc(S(=O)(=O)N2CCCC(N)C2)ccc1[N+](=O)[O-].Cl. The van der Waals surface area contributed by atoms with Crippen molar-refractivity contribution in [3.05, 3.63) is 28.3 Å². The van der Waals surface area contributed by atoms with E-state index in [2.05, 4.69) is 0 Å². The summed E-state index contributed by atoms with van der Waals surface area (Å²) in [5.74, 6) is -0.0811. The first-order chi connectivity index (χ1) is 9.86. The molecule has 2 rings (SSSR count). The minimum atomic E-state index is -3.72. The number of rotatable bonds is 4. The zero-order valence-electron chi connectivity index (χ0n) is 12.0. The molecule has 0 aromatic heterocycles. The van der Waals surface area contributed by atoms with E-state index in [1.165, 1.54) is 23.5 Å². The highest BCUT2D eigenvalue weighted by Gasteiger charge is 2.30. The molecular formula is C12H18ClN3O5S. The lowest BCUT2D eigenvalue weighted by molar-refractivity contribution is -0.385. The van der Waals surface area contributed by atoms with Gasteiger partial charge in [-0.15, -0.1) is 12.4 Å². The van der Waals surface area contributed by atoms with Crippen LogP contribution in [0, 0.1) is 10.1 Å². The highest BCUT2D eigenvalue weighted by Crippen LogP contribution is 2.31. The summed E-state index contributed by atoms with van der Waals surface area (Å²) >= 11 is 0. The molecule has 0 amide bonds. The molecule has 0 spiro atoms. The van der Waals surface area contributed by atoms with E-state index in [0.29, 0.717) is 13.0 Å². The van der Waals surface area contributed by atoms with E-state index in [1.54, 1.807) is 0 Å². The standard InChI is InChI=1S/C12H17N3O5S.ClH/c1-20-12-7-10(4-5-11(12)15(16)17)21(18,19)14-6-2-3-9(13)8-14;/h4-5,7,9H,2-3,6,8,13H2,1H3;1H. The van der Waals surface area contributed by atoms with E-state index in [4.69, 9.17) is 10.5 Å². The van der Waals surface area contributed by atoms with Crippen molar-refractivity contribution >= 4 is 28.1 Å². The van der Waals surface area contributed by atoms with Crippen molar-refractivity contribution in [1.29, 1.82) is 0 Å². The number of sulfonamides is 1. The number of nitrogens with two attached hydrogens (primary N) is 1. The van der Waals surface area contributed by atoms with Crippen LogP contribution >= 0.6 is 12.4 Å². The third-order valence-electron chi connectivity index (χ3n) is 3.41. The summed E-state index contributed by atoms with van der Waals surface area (Å²) in [4.78, 5) is 10.2. The molecule has 1 aromatic rings. The van der Waals surface area contributed by atoms with Crippen LogP contribution in [0.15, 0.2) is 23.1 Å². The zero-order chi connectivity index (χ0) is 15.6. The average molecular weight is 352 g/mol. The summed E-state index contributed by atoms with van der Waals surface area (Å²) in [6.07, 6.45) is 1.49. The van der Waals surface area contributed by atoms with E-state index >= 15 is 0 Å². The molecule has 0 bridgehead atoms. The Kier molecular flexibility index (Phi) is 6.12. The molecule has 1 fully saturated rings. The predicted molar refractivity (Wildman–Crippen MR) is 82.9 cm³/mol. The number of nitro groups is 1. The second-order valence-corrected chi connectivity index (χ2v) is 6.79. The van der Waals surface area contributed by atoms with Crippen LogP contribution in [0.25, 0.3) is 0 Å². The number of nitrogens with zero attached hydrogens (tertiary/aromatic N) is 2. The number of benzene rings is 1. The number of halogens is 1. The van der Waals surface area contributed by atoms with Crippen molar-refractivity contribution in [2.45, 2.75) is 23.8 Å². The number of nitro benzene ring substituents is 1. The lowest BCUT2D eigenvalue weighted by Gasteiger charge is -2.29. The van der Waals surface area contributed by atoms with Crippen LogP contribution in [-0.2, 0) is 10.0 Å². The van der Waals surface area contributed by atoms with Crippen LogP contribution < -0.4 is 10.5 Å². The Morgan fingerprint density at radius 2 is 2.14 bits per heavy atom. The minimum Gasteiger partial charge on any atom is -0.490 e. The lowest BCUT2D eigenvalue weighted by atomic mass is 10.1. The second-order valence-electron chi connectivity index (χ2n) is 4.86. The number of hydrogen-bond acceptors (Lipinski definition) is 6. The molecule has 2 N–H and O–H groups in total. The van der Waals surface area contributed by atoms with Gasteiger partial charge in [0.15, 0.2) is 5.75 Å². The van der Waals surface area contributed by atoms with Gasteiger partial charge in [0, 0.05) is 31.3 Å². The molecule has 10 heteroatoms. The zero-order valence-corrected chi connectivity index (χ0v) is 13.6. The molecule has 1 saturated heterocycles. The van der Waals surface area contributed by atoms with Crippen molar-refractivity contribution in [2.75, 3.05) is 20.2 Å². The molecule has 8 nitrogen and oxygen atoms in total. The van der Waals surface area contributed by atoms with Gasteiger partial charge in [0.1, 0.15) is 0 Å². The summed E-state index contributed by atoms with van der Waals surface area (Å²) in [5, 5.41) is 10.8. The molecule has 0 aliphatic carbocycles. The van der Waals surface area contributed by atoms with E-state index in [0.717, 1.165) is 12.5 Å². The Labute approximate surface area is 134 Å². The molecule has 22 heavy (non-hydrogen) atoms. The van der Waals surface area contributed by atoms with Crippen LogP contribution in [0.5, 0.6) is 5.75 Å². The molecule has 124 valence electrons. The van der Waals surface area contributed by atoms with Gasteiger partial charge < -0.3 is 10.5 Å². The van der Waals surface area contributed by atoms with E-state index in [9.17, 15) is 18.5 Å². The van der Waals surface area contributed by atoms with Crippen molar-refractivity contribution in [3.63, 3.8) is 0 Å². The Morgan fingerprint density at radius 3 is 2.68 bits per heavy atom. The Hall–Kier alpha value is -1.42. The highest BCUT2D eigenvalue weighted by molar-refractivity contribution is 7.89. The maximum atomic E-state index is 12.5. The summed E-state index contributed by atoms with van der Waals surface area (Å²) in [7, 11) is -2.46. The monoisotopic (exact) mass is 351 g/mol. The highest BCUT2D eigenvalue weighted by atomic mass is 35.5. The van der Waals surface area contributed by atoms with E-state index in [1.807, 2.05) is 0 Å². The summed E-state index contributed by atoms with van der Waals surface area (Å²) < 4.78 is 31.3. The first-order valence-corrected chi connectivity index (χ1v) is 7.88. The third-order valence-corrected chi connectivity index (χ3v) is 5.27. The molecule has 1 aromatic carbocycles. The van der Waals surface area contributed by atoms with Crippen molar-refractivity contribution < 1.29 is 18.1 Å². The van der Waals surface area contributed by atoms with Crippen molar-refractivity contribution in [3.8, 4) is 5.75 Å². The van der Waals surface area contributed by atoms with Crippen LogP contribution in [-0.4, -0.2) is 43.9 Å². The molecular weight excluding hydrogens is 334 g/mol. The molecule has 1 unspecified atom stereocenters. The van der Waals surface area contributed by atoms with Gasteiger partial charge in [0.05, 0.1) is 16.9 Å². The fourth-order valence-corrected chi connectivity index (χ4v) is 3.86. The molecule has 1 aliphatic rings. The number of methoxy groups -OCH3 is 1. The van der Waals surface area contributed by atoms with Crippen LogP contribution in [0.4, 0.5) is 5.69 Å². The molecule has 0 radical (unpaired) electrons. The van der Waals surface area contributed by atoms with E-state index in [-0.39, 0.29) is 41.3 Å². The molecule has 1 aliphatic heterocycles. The smallest absolute Gasteiger partial charge is 0.310 e. The van der Waals surface area contributed by atoms with Gasteiger partial charge in [-0.25, -0.2) is 8.42 Å². The Balaban J connectivity index is 0.00000242. The third kappa shape index (κ3) is 3.67. The summed E-state index contributed by atoms with van der Waals surface area (Å²) in [6, 6.07) is 3.34. The summed E-state index contributed by atoms with van der Waals surface area (Å²) in [5.41, 5.74) is 5.53. The Morgan fingerprint density at radius 1 is 1.45 bits per heavy atom. The molecule has 1 heterocycles. The van der Waals surface area contributed by atoms with Gasteiger partial charge in [0.2, 0.25) is 10.0 Å². The van der Waals surface area contributed by atoms with Crippen LogP contribution in [0.3, 0.4) is 0 Å². The van der Waals surface area contributed by atoms with Crippen molar-refractivity contribution in [2.24, 2.45) is 5.73 Å². The van der Waals surface area contributed by atoms with Crippen LogP contribution in [0.1, 0.15) is 12.8 Å². The average Bonchev–Trinajstić information content (AvgIpc) is 2.46.